The molecule has 272 valence electrons. The Hall–Kier alpha value is -6.70. The van der Waals surface area contributed by atoms with E-state index in [-0.39, 0.29) is 5.41 Å². The Morgan fingerprint density at radius 3 is 1.53 bits per heavy atom. The first-order valence-electron chi connectivity index (χ1n) is 20.2. The van der Waals surface area contributed by atoms with Crippen LogP contribution in [0.5, 0.6) is 0 Å². The van der Waals surface area contributed by atoms with Crippen molar-refractivity contribution in [2.45, 2.75) is 38.5 Å². The van der Waals surface area contributed by atoms with Gasteiger partial charge in [0.25, 0.3) is 0 Å². The van der Waals surface area contributed by atoms with Crippen molar-refractivity contribution in [1.82, 2.24) is 0 Å². The number of hydrogen-bond donors (Lipinski definition) is 0. The average molecular weight is 730 g/mol. The SMILES string of the molecule is Cc1cccc(C)c1N(c1ccc2c(c1)C(c1ccccc1)(c1ccccc1)c1ccccc1-2)c1ccc2cc3c(cc2c1)C(C)(C)c1cc2ccccc2cc1-3. The molecule has 2 aliphatic rings. The van der Waals surface area contributed by atoms with Gasteiger partial charge >= 0.3 is 0 Å². The standard InChI is InChI=1S/C56H43N/c1-36-16-15-17-37(2)54(36)57(44-27-26-40-32-49-48-31-38-18-11-12-19-39(38)33-51(48)55(3,4)52(49)34-41(40)30-44)45-28-29-47-46-24-13-14-25-50(46)56(53(47)35-45,42-20-7-5-8-21-42)43-22-9-6-10-23-43/h5-35H,1-4H3. The van der Waals surface area contributed by atoms with Crippen molar-refractivity contribution in [1.29, 1.82) is 0 Å². The van der Waals surface area contributed by atoms with Crippen molar-refractivity contribution in [2.75, 3.05) is 4.90 Å². The fourth-order valence-electron chi connectivity index (χ4n) is 10.4. The van der Waals surface area contributed by atoms with Crippen LogP contribution >= 0.6 is 0 Å². The summed E-state index contributed by atoms with van der Waals surface area (Å²) in [7, 11) is 0. The van der Waals surface area contributed by atoms with Crippen LogP contribution in [0.3, 0.4) is 0 Å². The predicted molar refractivity (Wildman–Crippen MR) is 240 cm³/mol. The Labute approximate surface area is 335 Å². The Kier molecular flexibility index (Phi) is 7.32. The van der Waals surface area contributed by atoms with Crippen LogP contribution in [-0.4, -0.2) is 0 Å². The summed E-state index contributed by atoms with van der Waals surface area (Å²) in [4.78, 5) is 2.51. The highest BCUT2D eigenvalue weighted by Gasteiger charge is 2.46. The lowest BCUT2D eigenvalue weighted by Crippen LogP contribution is -2.28. The number of para-hydroxylation sites is 1. The normalized spacial score (nSPS) is 14.2. The van der Waals surface area contributed by atoms with Crippen LogP contribution in [0.4, 0.5) is 17.1 Å². The molecule has 0 N–H and O–H groups in total. The molecule has 0 fully saturated rings. The highest BCUT2D eigenvalue weighted by molar-refractivity contribution is 6.00. The van der Waals surface area contributed by atoms with Crippen molar-refractivity contribution in [3.05, 3.63) is 233 Å². The summed E-state index contributed by atoms with van der Waals surface area (Å²) in [5.41, 5.74) is 18.7. The summed E-state index contributed by atoms with van der Waals surface area (Å²) >= 11 is 0. The largest absolute Gasteiger partial charge is 0.310 e. The topological polar surface area (TPSA) is 3.24 Å². The Bertz CT molecular complexity index is 3000. The lowest BCUT2D eigenvalue weighted by molar-refractivity contribution is 0.662. The first-order valence-corrected chi connectivity index (χ1v) is 20.2. The minimum Gasteiger partial charge on any atom is -0.310 e. The van der Waals surface area contributed by atoms with Gasteiger partial charge in [-0.05, 0) is 151 Å². The second kappa shape index (κ2) is 12.4. The molecular formula is C56H43N. The van der Waals surface area contributed by atoms with E-state index in [4.69, 9.17) is 0 Å². The van der Waals surface area contributed by atoms with Crippen LogP contribution in [0.15, 0.2) is 188 Å². The molecule has 0 saturated heterocycles. The fourth-order valence-corrected chi connectivity index (χ4v) is 10.4. The molecule has 0 heterocycles. The number of anilines is 3. The molecule has 0 aliphatic heterocycles. The number of rotatable bonds is 5. The summed E-state index contributed by atoms with van der Waals surface area (Å²) in [6, 6.07) is 70.6. The van der Waals surface area contributed by atoms with E-state index in [1.807, 2.05) is 0 Å². The molecule has 0 unspecified atom stereocenters. The van der Waals surface area contributed by atoms with Gasteiger partial charge in [-0.2, -0.15) is 0 Å². The third kappa shape index (κ3) is 4.82. The lowest BCUT2D eigenvalue weighted by Gasteiger charge is -2.35. The predicted octanol–water partition coefficient (Wildman–Crippen LogP) is 14.7. The van der Waals surface area contributed by atoms with E-state index < -0.39 is 5.41 Å². The molecule has 0 amide bonds. The zero-order valence-electron chi connectivity index (χ0n) is 32.8. The molecule has 57 heavy (non-hydrogen) atoms. The van der Waals surface area contributed by atoms with Gasteiger partial charge in [0.15, 0.2) is 0 Å². The second-order valence-electron chi connectivity index (χ2n) is 16.6. The number of nitrogens with zero attached hydrogens (tertiary/aromatic N) is 1. The molecule has 1 nitrogen and oxygen atoms in total. The molecule has 9 aromatic carbocycles. The fraction of sp³-hybridized carbons (Fsp3) is 0.107. The Morgan fingerprint density at radius 2 is 0.860 bits per heavy atom. The molecule has 0 saturated carbocycles. The van der Waals surface area contributed by atoms with Crippen molar-refractivity contribution < 1.29 is 0 Å². The van der Waals surface area contributed by atoms with E-state index in [0.717, 1.165) is 11.4 Å². The van der Waals surface area contributed by atoms with Gasteiger partial charge in [-0.3, -0.25) is 0 Å². The van der Waals surface area contributed by atoms with Crippen LogP contribution in [0, 0.1) is 13.8 Å². The highest BCUT2D eigenvalue weighted by atomic mass is 15.1. The van der Waals surface area contributed by atoms with Gasteiger partial charge in [0, 0.05) is 16.8 Å². The smallest absolute Gasteiger partial charge is 0.0714 e. The first-order chi connectivity index (χ1) is 27.8. The van der Waals surface area contributed by atoms with Gasteiger partial charge in [0.05, 0.1) is 11.1 Å². The molecule has 0 spiro atoms. The molecule has 9 aromatic rings. The molecule has 1 heteroatoms. The summed E-state index contributed by atoms with van der Waals surface area (Å²) < 4.78 is 0. The van der Waals surface area contributed by atoms with Crippen molar-refractivity contribution in [2.24, 2.45) is 0 Å². The van der Waals surface area contributed by atoms with Gasteiger partial charge in [0.1, 0.15) is 0 Å². The lowest BCUT2D eigenvalue weighted by atomic mass is 9.67. The Balaban J connectivity index is 1.14. The van der Waals surface area contributed by atoms with Crippen molar-refractivity contribution in [3.63, 3.8) is 0 Å². The highest BCUT2D eigenvalue weighted by Crippen LogP contribution is 2.58. The van der Waals surface area contributed by atoms with Gasteiger partial charge in [-0.25, -0.2) is 0 Å². The summed E-state index contributed by atoms with van der Waals surface area (Å²) in [6.07, 6.45) is 0. The second-order valence-corrected chi connectivity index (χ2v) is 16.6. The van der Waals surface area contributed by atoms with E-state index in [1.165, 1.54) is 94.0 Å². The number of fused-ring (bicyclic) bond motifs is 8. The summed E-state index contributed by atoms with van der Waals surface area (Å²) in [5, 5.41) is 5.10. The van der Waals surface area contributed by atoms with E-state index in [2.05, 4.69) is 221 Å². The van der Waals surface area contributed by atoms with Crippen LogP contribution in [0.25, 0.3) is 43.8 Å². The minimum absolute atomic E-state index is 0.113. The molecule has 0 atom stereocenters. The average Bonchev–Trinajstić information content (AvgIpc) is 3.65. The maximum absolute atomic E-state index is 2.51. The minimum atomic E-state index is -0.480. The van der Waals surface area contributed by atoms with Gasteiger partial charge in [-0.1, -0.05) is 153 Å². The zero-order chi connectivity index (χ0) is 38.5. The van der Waals surface area contributed by atoms with Gasteiger partial charge < -0.3 is 4.90 Å². The Morgan fingerprint density at radius 1 is 0.351 bits per heavy atom. The maximum Gasteiger partial charge on any atom is 0.0714 e. The van der Waals surface area contributed by atoms with Crippen LogP contribution in [-0.2, 0) is 10.8 Å². The number of aryl methyl sites for hydroxylation is 2. The molecule has 11 rings (SSSR count). The molecule has 2 aliphatic carbocycles. The zero-order valence-corrected chi connectivity index (χ0v) is 32.8. The molecular weight excluding hydrogens is 687 g/mol. The van der Waals surface area contributed by atoms with Crippen LogP contribution in [0.1, 0.15) is 58.4 Å². The van der Waals surface area contributed by atoms with Crippen molar-refractivity contribution >= 4 is 38.6 Å². The first kappa shape index (κ1) is 33.6. The number of hydrogen-bond acceptors (Lipinski definition) is 1. The molecule has 0 bridgehead atoms. The van der Waals surface area contributed by atoms with E-state index >= 15 is 0 Å². The van der Waals surface area contributed by atoms with Crippen LogP contribution < -0.4 is 4.90 Å². The van der Waals surface area contributed by atoms with Gasteiger partial charge in [0.2, 0.25) is 0 Å². The number of benzene rings is 9. The third-order valence-electron chi connectivity index (χ3n) is 13.1. The summed E-state index contributed by atoms with van der Waals surface area (Å²) in [5.74, 6) is 0. The summed E-state index contributed by atoms with van der Waals surface area (Å²) in [6.45, 7) is 9.27. The monoisotopic (exact) mass is 729 g/mol. The van der Waals surface area contributed by atoms with Gasteiger partial charge in [-0.15, -0.1) is 0 Å². The van der Waals surface area contributed by atoms with Crippen LogP contribution in [0.2, 0.25) is 0 Å². The quantitative estimate of drug-likeness (QED) is 0.170. The van der Waals surface area contributed by atoms with E-state index in [9.17, 15) is 0 Å². The molecule has 0 radical (unpaired) electrons. The maximum atomic E-state index is 2.51. The van der Waals surface area contributed by atoms with E-state index in [0.29, 0.717) is 0 Å². The molecule has 0 aromatic heterocycles. The third-order valence-corrected chi connectivity index (χ3v) is 13.1. The van der Waals surface area contributed by atoms with Crippen molar-refractivity contribution in [3.8, 4) is 22.3 Å². The van der Waals surface area contributed by atoms with E-state index in [1.54, 1.807) is 0 Å².